The van der Waals surface area contributed by atoms with Crippen LogP contribution in [0.4, 0.5) is 5.69 Å². The molecule has 0 spiro atoms. The van der Waals surface area contributed by atoms with Gasteiger partial charge in [-0.05, 0) is 53.6 Å². The number of para-hydroxylation sites is 1. The Morgan fingerprint density at radius 2 is 1.94 bits per heavy atom. The van der Waals surface area contributed by atoms with Gasteiger partial charge in [-0.1, -0.05) is 18.2 Å². The Morgan fingerprint density at radius 1 is 1.16 bits per heavy atom. The van der Waals surface area contributed by atoms with Gasteiger partial charge in [-0.2, -0.15) is 5.26 Å². The van der Waals surface area contributed by atoms with E-state index in [1.165, 1.54) is 23.5 Å². The van der Waals surface area contributed by atoms with Gasteiger partial charge in [0.15, 0.2) is 11.5 Å². The molecule has 0 aliphatic heterocycles. The molecule has 32 heavy (non-hydrogen) atoms. The maximum Gasteiger partial charge on any atom is 0.269 e. The molecule has 0 N–H and O–H groups in total. The molecule has 0 atom stereocenters. The second-order valence-electron chi connectivity index (χ2n) is 6.78. The summed E-state index contributed by atoms with van der Waals surface area (Å²) in [6.07, 6.45) is 1.76. The number of nitrogens with zero attached hydrogens (tertiary/aromatic N) is 3. The molecule has 8 heteroatoms. The van der Waals surface area contributed by atoms with Gasteiger partial charge in [0.1, 0.15) is 17.7 Å². The Hall–Kier alpha value is -4.22. The zero-order chi connectivity index (χ0) is 22.5. The van der Waals surface area contributed by atoms with E-state index in [4.69, 9.17) is 9.47 Å². The minimum Gasteiger partial charge on any atom is -0.493 e. The number of fused-ring (bicyclic) bond motifs is 1. The van der Waals surface area contributed by atoms with Gasteiger partial charge in [0, 0.05) is 12.1 Å². The summed E-state index contributed by atoms with van der Waals surface area (Å²) in [6.45, 7) is 0.235. The van der Waals surface area contributed by atoms with Gasteiger partial charge in [0.2, 0.25) is 0 Å². The molecule has 0 saturated carbocycles. The fourth-order valence-corrected chi connectivity index (χ4v) is 4.00. The first-order valence-corrected chi connectivity index (χ1v) is 10.4. The zero-order valence-corrected chi connectivity index (χ0v) is 17.8. The van der Waals surface area contributed by atoms with E-state index in [2.05, 4.69) is 11.1 Å². The van der Waals surface area contributed by atoms with Gasteiger partial charge in [-0.3, -0.25) is 10.1 Å². The van der Waals surface area contributed by atoms with Gasteiger partial charge in [0.05, 0.1) is 27.8 Å². The van der Waals surface area contributed by atoms with Crippen LogP contribution in [0.25, 0.3) is 21.9 Å². The molecular formula is C24H17N3O4S. The van der Waals surface area contributed by atoms with Crippen LogP contribution < -0.4 is 9.47 Å². The predicted molar refractivity (Wildman–Crippen MR) is 124 cm³/mol. The highest BCUT2D eigenvalue weighted by molar-refractivity contribution is 7.19. The van der Waals surface area contributed by atoms with Crippen LogP contribution in [0, 0.1) is 21.4 Å². The number of methoxy groups -OCH3 is 1. The number of aromatic nitrogens is 1. The van der Waals surface area contributed by atoms with E-state index in [1.54, 1.807) is 37.5 Å². The highest BCUT2D eigenvalue weighted by atomic mass is 32.1. The highest BCUT2D eigenvalue weighted by Gasteiger charge is 2.11. The van der Waals surface area contributed by atoms with E-state index in [9.17, 15) is 15.4 Å². The summed E-state index contributed by atoms with van der Waals surface area (Å²) in [5, 5.41) is 21.1. The lowest BCUT2D eigenvalue weighted by molar-refractivity contribution is -0.384. The third-order valence-corrected chi connectivity index (χ3v) is 5.75. The van der Waals surface area contributed by atoms with Crippen LogP contribution in [0.5, 0.6) is 11.5 Å². The maximum atomic E-state index is 10.8. The van der Waals surface area contributed by atoms with Crippen LogP contribution >= 0.6 is 11.3 Å². The van der Waals surface area contributed by atoms with Crippen LogP contribution in [0.15, 0.2) is 66.7 Å². The Balaban J connectivity index is 1.54. The lowest BCUT2D eigenvalue weighted by Gasteiger charge is -2.11. The van der Waals surface area contributed by atoms with Crippen LogP contribution in [-0.2, 0) is 6.61 Å². The molecule has 0 amide bonds. The normalized spacial score (nSPS) is 11.2. The Kier molecular flexibility index (Phi) is 6.10. The quantitative estimate of drug-likeness (QED) is 0.202. The number of thiazole rings is 1. The summed E-state index contributed by atoms with van der Waals surface area (Å²) in [6, 6.07) is 21.6. The van der Waals surface area contributed by atoms with E-state index in [1.807, 2.05) is 30.3 Å². The summed E-state index contributed by atoms with van der Waals surface area (Å²) >= 11 is 1.47. The average Bonchev–Trinajstić information content (AvgIpc) is 3.25. The van der Waals surface area contributed by atoms with Crippen molar-refractivity contribution < 1.29 is 14.4 Å². The Bertz CT molecular complexity index is 1320. The fourth-order valence-electron chi connectivity index (χ4n) is 3.06. The maximum absolute atomic E-state index is 10.8. The largest absolute Gasteiger partial charge is 0.493 e. The number of hydrogen-bond acceptors (Lipinski definition) is 7. The molecule has 0 radical (unpaired) electrons. The smallest absolute Gasteiger partial charge is 0.269 e. The summed E-state index contributed by atoms with van der Waals surface area (Å²) in [7, 11) is 1.54. The molecule has 3 aromatic carbocycles. The first-order valence-electron chi connectivity index (χ1n) is 9.59. The van der Waals surface area contributed by atoms with Crippen molar-refractivity contribution in [3.63, 3.8) is 0 Å². The van der Waals surface area contributed by atoms with E-state index in [-0.39, 0.29) is 12.3 Å². The third-order valence-electron chi connectivity index (χ3n) is 4.68. The van der Waals surface area contributed by atoms with Crippen molar-refractivity contribution in [1.82, 2.24) is 4.98 Å². The molecule has 1 aromatic heterocycles. The molecule has 0 saturated heterocycles. The number of ether oxygens (including phenoxy) is 2. The lowest BCUT2D eigenvalue weighted by atomic mass is 10.1. The van der Waals surface area contributed by atoms with E-state index < -0.39 is 4.92 Å². The molecule has 158 valence electrons. The van der Waals surface area contributed by atoms with Crippen molar-refractivity contribution in [2.75, 3.05) is 7.11 Å². The van der Waals surface area contributed by atoms with Crippen LogP contribution in [0.1, 0.15) is 16.1 Å². The molecular weight excluding hydrogens is 426 g/mol. The van der Waals surface area contributed by atoms with E-state index >= 15 is 0 Å². The molecule has 0 aliphatic rings. The van der Waals surface area contributed by atoms with Crippen molar-refractivity contribution in [3.05, 3.63) is 93.0 Å². The van der Waals surface area contributed by atoms with Crippen molar-refractivity contribution in [3.8, 4) is 17.6 Å². The van der Waals surface area contributed by atoms with Gasteiger partial charge in [-0.25, -0.2) is 4.98 Å². The van der Waals surface area contributed by atoms with Crippen molar-refractivity contribution in [2.45, 2.75) is 6.61 Å². The second-order valence-corrected chi connectivity index (χ2v) is 7.81. The minimum absolute atomic E-state index is 0.0314. The first kappa shape index (κ1) is 21.0. The topological polar surface area (TPSA) is 98.3 Å². The number of benzene rings is 3. The third kappa shape index (κ3) is 4.58. The molecule has 0 bridgehead atoms. The fraction of sp³-hybridized carbons (Fsp3) is 0.0833. The number of allylic oxidation sites excluding steroid dienone is 1. The minimum atomic E-state index is -0.441. The first-order chi connectivity index (χ1) is 15.6. The molecule has 4 aromatic rings. The standard InChI is InChI=1S/C24H17N3O4S/c1-30-22-13-17(12-18(14-25)24-26-20-4-2-3-5-23(20)32-24)8-11-21(22)31-15-16-6-9-19(10-7-16)27(28)29/h2-13H,15H2,1H3/b18-12+. The number of nitro benzene ring substituents is 1. The van der Waals surface area contributed by atoms with Crippen LogP contribution in [0.2, 0.25) is 0 Å². The SMILES string of the molecule is COc1cc(/C=C(\C#N)c2nc3ccccc3s2)ccc1OCc1ccc([N+](=O)[O-])cc1. The highest BCUT2D eigenvalue weighted by Crippen LogP contribution is 2.32. The van der Waals surface area contributed by atoms with Gasteiger partial charge < -0.3 is 9.47 Å². The number of nitriles is 1. The van der Waals surface area contributed by atoms with Gasteiger partial charge >= 0.3 is 0 Å². The Labute approximate surface area is 187 Å². The average molecular weight is 443 g/mol. The predicted octanol–water partition coefficient (Wildman–Crippen LogP) is 5.86. The summed E-state index contributed by atoms with van der Waals surface area (Å²) < 4.78 is 12.3. The molecule has 0 fully saturated rings. The van der Waals surface area contributed by atoms with Crippen LogP contribution in [0.3, 0.4) is 0 Å². The molecule has 7 nitrogen and oxygen atoms in total. The van der Waals surface area contributed by atoms with Crippen molar-refractivity contribution in [1.29, 1.82) is 5.26 Å². The van der Waals surface area contributed by atoms with Gasteiger partial charge in [0.25, 0.3) is 5.69 Å². The number of hydrogen-bond donors (Lipinski definition) is 0. The Morgan fingerprint density at radius 3 is 2.62 bits per heavy atom. The number of rotatable bonds is 7. The van der Waals surface area contributed by atoms with Crippen molar-refractivity contribution in [2.24, 2.45) is 0 Å². The summed E-state index contributed by atoms with van der Waals surface area (Å²) in [5.74, 6) is 1.05. The van der Waals surface area contributed by atoms with E-state index in [0.717, 1.165) is 21.3 Å². The number of non-ortho nitro benzene ring substituents is 1. The lowest BCUT2D eigenvalue weighted by Crippen LogP contribution is -1.98. The second kappa shape index (κ2) is 9.29. The summed E-state index contributed by atoms with van der Waals surface area (Å²) in [5.41, 5.74) is 2.93. The van der Waals surface area contributed by atoms with Crippen LogP contribution in [-0.4, -0.2) is 17.0 Å². The molecule has 0 aliphatic carbocycles. The molecule has 4 rings (SSSR count). The summed E-state index contributed by atoms with van der Waals surface area (Å²) in [4.78, 5) is 14.9. The monoisotopic (exact) mass is 443 g/mol. The van der Waals surface area contributed by atoms with E-state index in [0.29, 0.717) is 22.1 Å². The van der Waals surface area contributed by atoms with Crippen molar-refractivity contribution >= 4 is 38.9 Å². The number of nitro groups is 1. The molecule has 1 heterocycles. The van der Waals surface area contributed by atoms with Gasteiger partial charge in [-0.15, -0.1) is 11.3 Å². The zero-order valence-electron chi connectivity index (χ0n) is 17.0. The molecule has 0 unspecified atom stereocenters.